The van der Waals surface area contributed by atoms with Crippen molar-refractivity contribution in [1.82, 2.24) is 0 Å². The van der Waals surface area contributed by atoms with Crippen LogP contribution in [0.3, 0.4) is 0 Å². The first-order chi connectivity index (χ1) is 7.15. The van der Waals surface area contributed by atoms with E-state index in [4.69, 9.17) is 0 Å². The van der Waals surface area contributed by atoms with Crippen LogP contribution in [-0.2, 0) is 0 Å². The van der Waals surface area contributed by atoms with E-state index < -0.39 is 0 Å². The second-order valence-electron chi connectivity index (χ2n) is 5.52. The molecule has 0 aromatic carbocycles. The molecule has 0 heterocycles. The van der Waals surface area contributed by atoms with E-state index in [0.29, 0.717) is 0 Å². The highest BCUT2D eigenvalue weighted by molar-refractivity contribution is 4.73. The monoisotopic (exact) mass is 212 g/mol. The van der Waals surface area contributed by atoms with Gasteiger partial charge in [0.15, 0.2) is 0 Å². The molecular weight excluding hydrogens is 180 g/mol. The second-order valence-corrected chi connectivity index (χ2v) is 5.52. The Hall–Kier alpha value is 0. The van der Waals surface area contributed by atoms with Crippen LogP contribution in [0.2, 0.25) is 0 Å². The lowest BCUT2D eigenvalue weighted by Gasteiger charge is -2.30. The smallest absolute Gasteiger partial charge is 0.0391 e. The highest BCUT2D eigenvalue weighted by atomic mass is 14.3. The minimum atomic E-state index is 0.924. The number of rotatable bonds is 3. The molecular formula is C15H32. The van der Waals surface area contributed by atoms with Gasteiger partial charge in [-0.05, 0) is 30.6 Å². The minimum absolute atomic E-state index is 0.924. The van der Waals surface area contributed by atoms with Gasteiger partial charge in [0.05, 0.1) is 0 Å². The van der Waals surface area contributed by atoms with Crippen LogP contribution in [0.5, 0.6) is 0 Å². The van der Waals surface area contributed by atoms with Gasteiger partial charge in [0.1, 0.15) is 0 Å². The maximum Gasteiger partial charge on any atom is -0.0391 e. The molecule has 0 saturated heterocycles. The Bertz CT molecular complexity index is 118. The van der Waals surface area contributed by atoms with Crippen LogP contribution in [0.15, 0.2) is 0 Å². The van der Waals surface area contributed by atoms with Gasteiger partial charge in [0.2, 0.25) is 0 Å². The van der Waals surface area contributed by atoms with E-state index in [2.05, 4.69) is 34.6 Å². The van der Waals surface area contributed by atoms with Gasteiger partial charge < -0.3 is 0 Å². The summed E-state index contributed by atoms with van der Waals surface area (Å²) in [7, 11) is 0. The van der Waals surface area contributed by atoms with Crippen LogP contribution in [0.1, 0.15) is 79.6 Å². The standard InChI is InChI=1S/C12H24.C3H8/c1-4-5-11-6-8-12(9-7-11)10(2)3;1-3-2/h10-12H,4-9H2,1-3H3;3H2,1-2H3. The van der Waals surface area contributed by atoms with Crippen molar-refractivity contribution in [3.05, 3.63) is 0 Å². The predicted molar refractivity (Wildman–Crippen MR) is 71.2 cm³/mol. The third-order valence-electron chi connectivity index (χ3n) is 3.53. The molecule has 0 atom stereocenters. The van der Waals surface area contributed by atoms with Crippen molar-refractivity contribution in [2.24, 2.45) is 17.8 Å². The molecule has 0 unspecified atom stereocenters. The molecule has 1 fully saturated rings. The average molecular weight is 212 g/mol. The van der Waals surface area contributed by atoms with Crippen molar-refractivity contribution < 1.29 is 0 Å². The first-order valence-electron chi connectivity index (χ1n) is 7.15. The van der Waals surface area contributed by atoms with E-state index in [1.807, 2.05) is 0 Å². The molecule has 1 rings (SSSR count). The van der Waals surface area contributed by atoms with Gasteiger partial charge in [-0.25, -0.2) is 0 Å². The van der Waals surface area contributed by atoms with Crippen LogP contribution in [-0.4, -0.2) is 0 Å². The Morgan fingerprint density at radius 1 is 0.933 bits per heavy atom. The van der Waals surface area contributed by atoms with Crippen LogP contribution >= 0.6 is 0 Å². The third-order valence-corrected chi connectivity index (χ3v) is 3.53. The molecule has 0 heteroatoms. The number of hydrogen-bond acceptors (Lipinski definition) is 0. The summed E-state index contributed by atoms with van der Waals surface area (Å²) in [6.45, 7) is 11.3. The highest BCUT2D eigenvalue weighted by Gasteiger charge is 2.22. The van der Waals surface area contributed by atoms with E-state index in [1.165, 1.54) is 44.9 Å². The normalized spacial score (nSPS) is 26.0. The minimum Gasteiger partial charge on any atom is -0.0656 e. The van der Waals surface area contributed by atoms with E-state index in [-0.39, 0.29) is 0 Å². The molecule has 0 bridgehead atoms. The first kappa shape index (κ1) is 15.0. The largest absolute Gasteiger partial charge is 0.0656 e. The van der Waals surface area contributed by atoms with Crippen molar-refractivity contribution in [1.29, 1.82) is 0 Å². The van der Waals surface area contributed by atoms with Crippen molar-refractivity contribution in [2.75, 3.05) is 0 Å². The molecule has 1 aliphatic carbocycles. The van der Waals surface area contributed by atoms with Gasteiger partial charge in [-0.15, -0.1) is 0 Å². The molecule has 92 valence electrons. The van der Waals surface area contributed by atoms with Crippen LogP contribution in [0.4, 0.5) is 0 Å². The average Bonchev–Trinajstić information content (AvgIpc) is 2.20. The van der Waals surface area contributed by atoms with Crippen LogP contribution < -0.4 is 0 Å². The van der Waals surface area contributed by atoms with Crippen molar-refractivity contribution in [3.8, 4) is 0 Å². The summed E-state index contributed by atoms with van der Waals surface area (Å²) in [5, 5.41) is 0. The SMILES string of the molecule is CCC.CCCC1CCC(C(C)C)CC1. The zero-order valence-electron chi connectivity index (χ0n) is 11.7. The van der Waals surface area contributed by atoms with Crippen LogP contribution in [0.25, 0.3) is 0 Å². The lowest BCUT2D eigenvalue weighted by atomic mass is 9.76. The second kappa shape index (κ2) is 9.24. The Morgan fingerprint density at radius 2 is 1.40 bits per heavy atom. The zero-order valence-corrected chi connectivity index (χ0v) is 11.7. The quantitative estimate of drug-likeness (QED) is 0.566. The summed E-state index contributed by atoms with van der Waals surface area (Å²) >= 11 is 0. The third kappa shape index (κ3) is 6.98. The van der Waals surface area contributed by atoms with E-state index in [9.17, 15) is 0 Å². The molecule has 15 heavy (non-hydrogen) atoms. The topological polar surface area (TPSA) is 0 Å². The number of hydrogen-bond donors (Lipinski definition) is 0. The lowest BCUT2D eigenvalue weighted by molar-refractivity contribution is 0.216. The lowest BCUT2D eigenvalue weighted by Crippen LogP contribution is -2.18. The molecule has 0 aliphatic heterocycles. The van der Waals surface area contributed by atoms with Crippen molar-refractivity contribution in [2.45, 2.75) is 79.6 Å². The predicted octanol–water partition coefficient (Wildman–Crippen LogP) is 5.67. The molecule has 1 aliphatic rings. The molecule has 1 saturated carbocycles. The Balaban J connectivity index is 0.000000583. The molecule has 0 aromatic rings. The highest BCUT2D eigenvalue weighted by Crippen LogP contribution is 2.34. The summed E-state index contributed by atoms with van der Waals surface area (Å²) in [4.78, 5) is 0. The summed E-state index contributed by atoms with van der Waals surface area (Å²) in [6, 6.07) is 0. The maximum absolute atomic E-state index is 2.38. The fraction of sp³-hybridized carbons (Fsp3) is 1.00. The Labute approximate surface area is 97.8 Å². The summed E-state index contributed by atoms with van der Waals surface area (Å²) < 4.78 is 0. The van der Waals surface area contributed by atoms with Gasteiger partial charge in [0, 0.05) is 0 Å². The fourth-order valence-electron chi connectivity index (χ4n) is 2.55. The Morgan fingerprint density at radius 3 is 1.73 bits per heavy atom. The summed E-state index contributed by atoms with van der Waals surface area (Å²) in [5.41, 5.74) is 0. The summed E-state index contributed by atoms with van der Waals surface area (Å²) in [6.07, 6.45) is 10.1. The summed E-state index contributed by atoms with van der Waals surface area (Å²) in [5.74, 6) is 3.04. The van der Waals surface area contributed by atoms with Gasteiger partial charge >= 0.3 is 0 Å². The first-order valence-corrected chi connectivity index (χ1v) is 7.15. The maximum atomic E-state index is 2.38. The molecule has 0 spiro atoms. The molecule has 0 nitrogen and oxygen atoms in total. The van der Waals surface area contributed by atoms with Gasteiger partial charge in [0.25, 0.3) is 0 Å². The van der Waals surface area contributed by atoms with E-state index >= 15 is 0 Å². The van der Waals surface area contributed by atoms with E-state index in [0.717, 1.165) is 17.8 Å². The van der Waals surface area contributed by atoms with Crippen LogP contribution in [0, 0.1) is 17.8 Å². The Kier molecular flexibility index (Phi) is 9.24. The molecule has 0 radical (unpaired) electrons. The molecule has 0 aromatic heterocycles. The van der Waals surface area contributed by atoms with Gasteiger partial charge in [-0.1, -0.05) is 66.7 Å². The zero-order chi connectivity index (χ0) is 11.7. The fourth-order valence-corrected chi connectivity index (χ4v) is 2.55. The van der Waals surface area contributed by atoms with E-state index in [1.54, 1.807) is 0 Å². The molecule has 0 amide bonds. The van der Waals surface area contributed by atoms with Crippen molar-refractivity contribution >= 4 is 0 Å². The van der Waals surface area contributed by atoms with Gasteiger partial charge in [-0.2, -0.15) is 0 Å². The van der Waals surface area contributed by atoms with Gasteiger partial charge in [-0.3, -0.25) is 0 Å². The molecule has 0 N–H and O–H groups in total. The van der Waals surface area contributed by atoms with Crippen molar-refractivity contribution in [3.63, 3.8) is 0 Å².